The summed E-state index contributed by atoms with van der Waals surface area (Å²) in [5.74, 6) is 8.97. The highest BCUT2D eigenvalue weighted by Crippen LogP contribution is 2.29. The molecule has 0 radical (unpaired) electrons. The Morgan fingerprint density at radius 1 is 0.909 bits per heavy atom. The van der Waals surface area contributed by atoms with E-state index in [0.717, 1.165) is 30.6 Å². The van der Waals surface area contributed by atoms with Gasteiger partial charge in [-0.25, -0.2) is 5.43 Å². The Morgan fingerprint density at radius 3 is 1.93 bits per heavy atom. The van der Waals surface area contributed by atoms with Crippen LogP contribution < -0.4 is 10.4 Å². The fourth-order valence-corrected chi connectivity index (χ4v) is 6.23. The van der Waals surface area contributed by atoms with Gasteiger partial charge in [-0.1, -0.05) is 128 Å². The van der Waals surface area contributed by atoms with Crippen molar-refractivity contribution < 1.29 is 4.79 Å². The highest BCUT2D eigenvalue weighted by molar-refractivity contribution is 5.85. The van der Waals surface area contributed by atoms with Gasteiger partial charge >= 0.3 is 0 Å². The number of unbranched alkanes of at least 4 members (excludes halogenated alkanes) is 2. The molecule has 2 aromatic carbocycles. The molecule has 1 heterocycles. The van der Waals surface area contributed by atoms with Crippen molar-refractivity contribution in [3.05, 3.63) is 105 Å². The molecule has 3 aromatic rings. The molecule has 1 N–H and O–H groups in total. The fourth-order valence-electron chi connectivity index (χ4n) is 6.23. The molecule has 0 aliphatic rings. The first kappa shape index (κ1) is 55.5. The molecule has 1 aromatic heterocycles. The molecule has 0 aliphatic carbocycles. The Balaban J connectivity index is -0.000000698. The second-order valence-corrected chi connectivity index (χ2v) is 13.7. The first-order valence-corrected chi connectivity index (χ1v) is 20.8. The Kier molecular flexibility index (Phi) is 37.4. The minimum atomic E-state index is 0.257. The number of aromatic nitrogens is 1. The van der Waals surface area contributed by atoms with E-state index in [1.807, 2.05) is 58.9 Å². The lowest BCUT2D eigenvalue weighted by atomic mass is 9.79. The monoisotopic (exact) mass is 757 g/mol. The number of hydrazine groups is 1. The quantitative estimate of drug-likeness (QED) is 0.0572. The number of hydrogen-bond donors (Lipinski definition) is 1. The van der Waals surface area contributed by atoms with Crippen LogP contribution in [0.25, 0.3) is 10.9 Å². The number of nitrogens with zero attached hydrogens (tertiary/aromatic N) is 3. The molecule has 0 bridgehead atoms. The Hall–Kier alpha value is -3.85. The highest BCUT2D eigenvalue weighted by Gasteiger charge is 2.19. The van der Waals surface area contributed by atoms with Gasteiger partial charge in [0.1, 0.15) is 11.6 Å². The molecule has 310 valence electrons. The van der Waals surface area contributed by atoms with Crippen LogP contribution in [0, 0.1) is 29.6 Å². The third kappa shape index (κ3) is 25.0. The smallest absolute Gasteiger partial charge is 0.143 e. The maximum absolute atomic E-state index is 10.8. The summed E-state index contributed by atoms with van der Waals surface area (Å²) in [4.78, 5) is 13.0. The van der Waals surface area contributed by atoms with Crippen LogP contribution in [0.5, 0.6) is 0 Å². The van der Waals surface area contributed by atoms with Crippen LogP contribution in [-0.2, 0) is 18.3 Å². The second kappa shape index (κ2) is 37.1. The van der Waals surface area contributed by atoms with E-state index in [-0.39, 0.29) is 5.78 Å². The minimum absolute atomic E-state index is 0.257. The number of rotatable bonds is 19. The molecule has 55 heavy (non-hydrogen) atoms. The lowest BCUT2D eigenvalue weighted by molar-refractivity contribution is -0.118. The summed E-state index contributed by atoms with van der Waals surface area (Å²) in [7, 11) is 3.92. The number of aryl methyl sites for hydroxylation is 1. The molecular formula is C50H84N4O. The first-order chi connectivity index (χ1) is 26.5. The number of nitrogens with one attached hydrogen (secondary N) is 1. The summed E-state index contributed by atoms with van der Waals surface area (Å²) < 4.78 is 2.13. The topological polar surface area (TPSA) is 40.5 Å². The van der Waals surface area contributed by atoms with Gasteiger partial charge in [-0.15, -0.1) is 31.6 Å². The van der Waals surface area contributed by atoms with E-state index in [1.165, 1.54) is 61.4 Å². The number of benzene rings is 2. The van der Waals surface area contributed by atoms with Crippen molar-refractivity contribution >= 4 is 22.5 Å². The zero-order chi connectivity index (χ0) is 42.6. The van der Waals surface area contributed by atoms with Gasteiger partial charge in [-0.3, -0.25) is 14.7 Å². The van der Waals surface area contributed by atoms with Gasteiger partial charge < -0.3 is 4.57 Å². The van der Waals surface area contributed by atoms with E-state index in [4.69, 9.17) is 0 Å². The summed E-state index contributed by atoms with van der Waals surface area (Å²) in [6.45, 7) is 38.2. The lowest BCUT2D eigenvalue weighted by Crippen LogP contribution is -2.35. The summed E-state index contributed by atoms with van der Waals surface area (Å²) in [5.41, 5.74) is 5.76. The average molecular weight is 757 g/mol. The van der Waals surface area contributed by atoms with Gasteiger partial charge in [0.2, 0.25) is 0 Å². The maximum Gasteiger partial charge on any atom is 0.143 e. The normalized spacial score (nSPS) is 11.4. The van der Waals surface area contributed by atoms with Crippen LogP contribution in [0.3, 0.4) is 0 Å². The van der Waals surface area contributed by atoms with Gasteiger partial charge in [0, 0.05) is 37.2 Å². The number of ketones is 1. The van der Waals surface area contributed by atoms with E-state index in [1.54, 1.807) is 13.1 Å². The number of fused-ring (bicyclic) bond motifs is 1. The van der Waals surface area contributed by atoms with Crippen molar-refractivity contribution in [1.82, 2.24) is 14.9 Å². The third-order valence-corrected chi connectivity index (χ3v) is 9.36. The molecule has 0 fully saturated rings. The Bertz CT molecular complexity index is 1410. The number of Topliss-reactive ketones (excluding diaryl/α,β-unsaturated/α-hetero) is 1. The molecule has 0 aliphatic heterocycles. The zero-order valence-corrected chi connectivity index (χ0v) is 37.9. The summed E-state index contributed by atoms with van der Waals surface area (Å²) >= 11 is 0. The molecule has 5 nitrogen and oxygen atoms in total. The number of hydrogen-bond acceptors (Lipinski definition) is 4. The van der Waals surface area contributed by atoms with Crippen LogP contribution in [-0.4, -0.2) is 41.4 Å². The Labute approximate surface area is 341 Å². The third-order valence-electron chi connectivity index (χ3n) is 9.36. The summed E-state index contributed by atoms with van der Waals surface area (Å²) in [6.07, 6.45) is 14.2. The first-order valence-electron chi connectivity index (χ1n) is 20.8. The van der Waals surface area contributed by atoms with Gasteiger partial charge in [-0.05, 0) is 102 Å². The SMILES string of the molecule is C=C.C=CC(CCCCC)CC(CC)C(C)Cc1ccccc1.C=CN(NC)c1cc2ccccc2n1C.CC.CC#CC.CCCN(CC(C)=O)C(C)C. The number of para-hydroxylation sites is 1. The van der Waals surface area contributed by atoms with Crippen molar-refractivity contribution in [1.29, 1.82) is 0 Å². The van der Waals surface area contributed by atoms with E-state index in [0.29, 0.717) is 18.5 Å². The van der Waals surface area contributed by atoms with Crippen molar-refractivity contribution in [2.45, 2.75) is 134 Å². The van der Waals surface area contributed by atoms with E-state index in [9.17, 15) is 4.79 Å². The number of allylic oxidation sites excluding steroid dienone is 1. The van der Waals surface area contributed by atoms with Crippen LogP contribution in [0.15, 0.2) is 99.3 Å². The van der Waals surface area contributed by atoms with E-state index >= 15 is 0 Å². The summed E-state index contributed by atoms with van der Waals surface area (Å²) in [6, 6.07) is 21.9. The molecule has 3 atom stereocenters. The van der Waals surface area contributed by atoms with Gasteiger partial charge in [0.25, 0.3) is 0 Å². The minimum Gasteiger partial charge on any atom is -0.329 e. The molecule has 0 amide bonds. The van der Waals surface area contributed by atoms with Crippen LogP contribution in [0.4, 0.5) is 5.82 Å². The molecule has 0 saturated carbocycles. The van der Waals surface area contributed by atoms with E-state index < -0.39 is 0 Å². The van der Waals surface area contributed by atoms with Gasteiger partial charge in [-0.2, -0.15) is 0 Å². The zero-order valence-electron chi connectivity index (χ0n) is 37.9. The van der Waals surface area contributed by atoms with Gasteiger partial charge in [0.05, 0.1) is 6.54 Å². The average Bonchev–Trinajstić information content (AvgIpc) is 3.54. The second-order valence-electron chi connectivity index (χ2n) is 13.7. The lowest BCUT2D eigenvalue weighted by Gasteiger charge is -2.26. The van der Waals surface area contributed by atoms with Crippen molar-refractivity contribution in [2.75, 3.05) is 25.1 Å². The maximum atomic E-state index is 10.8. The summed E-state index contributed by atoms with van der Waals surface area (Å²) in [5, 5.41) is 3.12. The highest BCUT2D eigenvalue weighted by atomic mass is 16.1. The molecule has 3 unspecified atom stereocenters. The van der Waals surface area contributed by atoms with Crippen molar-refractivity contribution in [3.63, 3.8) is 0 Å². The number of carbonyl (C=O) groups is 1. The molecular weight excluding hydrogens is 673 g/mol. The molecule has 3 rings (SSSR count). The van der Waals surface area contributed by atoms with Crippen molar-refractivity contribution in [2.24, 2.45) is 24.8 Å². The van der Waals surface area contributed by atoms with Crippen LogP contribution >= 0.6 is 0 Å². The fraction of sp³-hybridized carbons (Fsp3) is 0.540. The van der Waals surface area contributed by atoms with Crippen molar-refractivity contribution in [3.8, 4) is 11.8 Å². The van der Waals surface area contributed by atoms with Gasteiger partial charge in [0.15, 0.2) is 0 Å². The van der Waals surface area contributed by atoms with Crippen LogP contribution in [0.2, 0.25) is 0 Å². The van der Waals surface area contributed by atoms with Crippen LogP contribution in [0.1, 0.15) is 127 Å². The largest absolute Gasteiger partial charge is 0.329 e. The van der Waals surface area contributed by atoms with E-state index in [2.05, 4.69) is 149 Å². The Morgan fingerprint density at radius 2 is 1.49 bits per heavy atom. The molecule has 5 heteroatoms. The number of anilines is 1. The number of carbonyl (C=O) groups excluding carboxylic acids is 1. The predicted molar refractivity (Wildman–Crippen MR) is 250 cm³/mol. The standard InChI is InChI=1S/C21H34.C12H15N3.C9H19NO.C4H6.C2H6.C2H4/c1-5-8-10-13-19(6-2)17-21(7-3)18(4)16-20-14-11-9-12-15-20;1-4-15(13-2)12-9-10-7-5-6-8-11(10)14(12)3;1-5-6-10(8(2)3)7-9(4)11;1-3-4-2;2*1-2/h6,9,11-12,14-15,18-19,21H,2,5,7-8,10,13,16-17H2,1,3-4H3;4-9,13H,1H2,2-3H3;8H,5-7H2,1-4H3;1-2H3;1-2H3;1-2H2. The molecule has 0 spiro atoms. The molecule has 0 saturated heterocycles. The predicted octanol–water partition coefficient (Wildman–Crippen LogP) is 13.5.